The molecular formula is C16H23N3O2. The Bertz CT molecular complexity index is 551. The van der Waals surface area contributed by atoms with Crippen molar-refractivity contribution in [3.05, 3.63) is 41.5 Å². The highest BCUT2D eigenvalue weighted by atomic mass is 16.5. The van der Waals surface area contributed by atoms with Crippen LogP contribution in [-0.4, -0.2) is 23.8 Å². The third-order valence-corrected chi connectivity index (χ3v) is 4.19. The first-order chi connectivity index (χ1) is 10.2. The fourth-order valence-corrected chi connectivity index (χ4v) is 2.40. The molecule has 1 aromatic heterocycles. The predicted molar refractivity (Wildman–Crippen MR) is 81.4 cm³/mol. The van der Waals surface area contributed by atoms with Crippen LogP contribution in [0.1, 0.15) is 44.0 Å². The molecule has 0 unspecified atom stereocenters. The van der Waals surface area contributed by atoms with Gasteiger partial charge in [-0.3, -0.25) is 0 Å². The standard InChI is InChI=1S/C16H23N3O2/c1-4-16(5-2,11-17)15-18-14(19-21-15)10-12-6-8-13(20-3)9-7-12/h6-9H,4-5,10-11,17H2,1-3H3. The van der Waals surface area contributed by atoms with E-state index in [1.54, 1.807) is 7.11 Å². The number of methoxy groups -OCH3 is 1. The SMILES string of the molecule is CCC(CC)(CN)c1nc(Cc2ccc(OC)cc2)no1. The Morgan fingerprint density at radius 2 is 1.86 bits per heavy atom. The molecule has 2 rings (SSSR count). The molecule has 0 radical (unpaired) electrons. The van der Waals surface area contributed by atoms with Crippen LogP contribution in [0.3, 0.4) is 0 Å². The van der Waals surface area contributed by atoms with Gasteiger partial charge in [0.15, 0.2) is 5.82 Å². The van der Waals surface area contributed by atoms with E-state index in [1.165, 1.54) is 0 Å². The van der Waals surface area contributed by atoms with Crippen molar-refractivity contribution in [2.75, 3.05) is 13.7 Å². The second kappa shape index (κ2) is 6.72. The van der Waals surface area contributed by atoms with Crippen LogP contribution < -0.4 is 10.5 Å². The fraction of sp³-hybridized carbons (Fsp3) is 0.500. The highest BCUT2D eigenvalue weighted by molar-refractivity contribution is 5.28. The van der Waals surface area contributed by atoms with Crippen molar-refractivity contribution in [1.29, 1.82) is 0 Å². The summed E-state index contributed by atoms with van der Waals surface area (Å²) >= 11 is 0. The Morgan fingerprint density at radius 1 is 1.19 bits per heavy atom. The molecule has 0 amide bonds. The molecule has 0 aliphatic heterocycles. The Morgan fingerprint density at radius 3 is 2.38 bits per heavy atom. The third-order valence-electron chi connectivity index (χ3n) is 4.19. The maximum Gasteiger partial charge on any atom is 0.234 e. The molecule has 2 N–H and O–H groups in total. The van der Waals surface area contributed by atoms with Crippen LogP contribution in [0.2, 0.25) is 0 Å². The maximum atomic E-state index is 5.91. The van der Waals surface area contributed by atoms with Gasteiger partial charge in [0.1, 0.15) is 5.75 Å². The summed E-state index contributed by atoms with van der Waals surface area (Å²) in [5.41, 5.74) is 6.83. The summed E-state index contributed by atoms with van der Waals surface area (Å²) in [5, 5.41) is 4.09. The maximum absolute atomic E-state index is 5.91. The second-order valence-electron chi connectivity index (χ2n) is 5.23. The molecule has 0 aliphatic carbocycles. The lowest BCUT2D eigenvalue weighted by Gasteiger charge is -2.24. The van der Waals surface area contributed by atoms with E-state index in [9.17, 15) is 0 Å². The number of hydrogen-bond acceptors (Lipinski definition) is 5. The molecule has 0 atom stereocenters. The van der Waals surface area contributed by atoms with Gasteiger partial charge in [-0.25, -0.2) is 0 Å². The first kappa shape index (κ1) is 15.5. The number of aromatic nitrogens is 2. The van der Waals surface area contributed by atoms with E-state index in [1.807, 2.05) is 24.3 Å². The van der Waals surface area contributed by atoms with Crippen molar-refractivity contribution < 1.29 is 9.26 Å². The highest BCUT2D eigenvalue weighted by Crippen LogP contribution is 2.29. The summed E-state index contributed by atoms with van der Waals surface area (Å²) in [6.07, 6.45) is 2.43. The van der Waals surface area contributed by atoms with Gasteiger partial charge < -0.3 is 15.0 Å². The zero-order chi connectivity index (χ0) is 15.3. The average molecular weight is 289 g/mol. The minimum atomic E-state index is -0.203. The van der Waals surface area contributed by atoms with Gasteiger partial charge in [-0.2, -0.15) is 4.98 Å². The summed E-state index contributed by atoms with van der Waals surface area (Å²) < 4.78 is 10.6. The van der Waals surface area contributed by atoms with Gasteiger partial charge in [0.25, 0.3) is 0 Å². The number of hydrogen-bond donors (Lipinski definition) is 1. The minimum Gasteiger partial charge on any atom is -0.497 e. The molecule has 5 nitrogen and oxygen atoms in total. The zero-order valence-corrected chi connectivity index (χ0v) is 12.9. The van der Waals surface area contributed by atoms with E-state index in [0.717, 1.165) is 24.2 Å². The van der Waals surface area contributed by atoms with Gasteiger partial charge >= 0.3 is 0 Å². The molecule has 0 saturated carbocycles. The molecule has 114 valence electrons. The predicted octanol–water partition coefficient (Wildman–Crippen LogP) is 2.69. The molecular weight excluding hydrogens is 266 g/mol. The number of rotatable bonds is 7. The molecule has 0 bridgehead atoms. The first-order valence-corrected chi connectivity index (χ1v) is 7.33. The van der Waals surface area contributed by atoms with Crippen molar-refractivity contribution in [3.63, 3.8) is 0 Å². The highest BCUT2D eigenvalue weighted by Gasteiger charge is 2.33. The van der Waals surface area contributed by atoms with Gasteiger partial charge in [0.2, 0.25) is 5.89 Å². The van der Waals surface area contributed by atoms with Crippen molar-refractivity contribution in [3.8, 4) is 5.75 Å². The van der Waals surface area contributed by atoms with Crippen molar-refractivity contribution >= 4 is 0 Å². The molecule has 5 heteroatoms. The monoisotopic (exact) mass is 289 g/mol. The van der Waals surface area contributed by atoms with E-state index in [-0.39, 0.29) is 5.41 Å². The summed E-state index contributed by atoms with van der Waals surface area (Å²) in [6, 6.07) is 7.87. The summed E-state index contributed by atoms with van der Waals surface area (Å²) in [6.45, 7) is 4.72. The van der Waals surface area contributed by atoms with E-state index in [2.05, 4.69) is 24.0 Å². The normalized spacial score (nSPS) is 11.6. The van der Waals surface area contributed by atoms with Crippen molar-refractivity contribution in [2.45, 2.75) is 38.5 Å². The molecule has 0 aliphatic rings. The van der Waals surface area contributed by atoms with Crippen molar-refractivity contribution in [2.24, 2.45) is 5.73 Å². The van der Waals surface area contributed by atoms with Crippen LogP contribution in [0.5, 0.6) is 5.75 Å². The van der Waals surface area contributed by atoms with Gasteiger partial charge in [0.05, 0.1) is 12.5 Å². The van der Waals surface area contributed by atoms with Crippen LogP contribution in [0.4, 0.5) is 0 Å². The average Bonchev–Trinajstić information content (AvgIpc) is 2.99. The van der Waals surface area contributed by atoms with Gasteiger partial charge in [-0.05, 0) is 30.5 Å². The Kier molecular flexibility index (Phi) is 4.96. The first-order valence-electron chi connectivity index (χ1n) is 7.33. The Labute approximate surface area is 125 Å². The third kappa shape index (κ3) is 3.24. The smallest absolute Gasteiger partial charge is 0.234 e. The lowest BCUT2D eigenvalue weighted by atomic mass is 9.82. The van der Waals surface area contributed by atoms with Crippen LogP contribution in [0, 0.1) is 0 Å². The minimum absolute atomic E-state index is 0.203. The van der Waals surface area contributed by atoms with Crippen molar-refractivity contribution in [1.82, 2.24) is 10.1 Å². The number of benzene rings is 1. The van der Waals surface area contributed by atoms with Gasteiger partial charge in [-0.1, -0.05) is 31.1 Å². The lowest BCUT2D eigenvalue weighted by Crippen LogP contribution is -2.34. The molecule has 0 fully saturated rings. The Hall–Kier alpha value is -1.88. The molecule has 1 heterocycles. The van der Waals surface area contributed by atoms with Crippen LogP contribution in [0.25, 0.3) is 0 Å². The molecule has 0 spiro atoms. The van der Waals surface area contributed by atoms with Gasteiger partial charge in [0, 0.05) is 13.0 Å². The fourth-order valence-electron chi connectivity index (χ4n) is 2.40. The molecule has 2 aromatic rings. The Balaban J connectivity index is 2.15. The number of ether oxygens (including phenoxy) is 1. The van der Waals surface area contributed by atoms with E-state index in [0.29, 0.717) is 24.7 Å². The topological polar surface area (TPSA) is 74.2 Å². The van der Waals surface area contributed by atoms with Crippen LogP contribution in [0.15, 0.2) is 28.8 Å². The molecule has 21 heavy (non-hydrogen) atoms. The number of nitrogens with zero attached hydrogens (tertiary/aromatic N) is 2. The summed E-state index contributed by atoms with van der Waals surface area (Å²) in [4.78, 5) is 4.54. The largest absolute Gasteiger partial charge is 0.497 e. The molecule has 0 saturated heterocycles. The van der Waals surface area contributed by atoms with Gasteiger partial charge in [-0.15, -0.1) is 0 Å². The van der Waals surface area contributed by atoms with E-state index >= 15 is 0 Å². The quantitative estimate of drug-likeness (QED) is 0.848. The van der Waals surface area contributed by atoms with Crippen LogP contribution >= 0.6 is 0 Å². The molecule has 1 aromatic carbocycles. The lowest BCUT2D eigenvalue weighted by molar-refractivity contribution is 0.266. The second-order valence-corrected chi connectivity index (χ2v) is 5.23. The zero-order valence-electron chi connectivity index (χ0n) is 12.9. The summed E-state index contributed by atoms with van der Waals surface area (Å²) in [7, 11) is 1.66. The van der Waals surface area contributed by atoms with E-state index < -0.39 is 0 Å². The van der Waals surface area contributed by atoms with E-state index in [4.69, 9.17) is 15.0 Å². The number of nitrogens with two attached hydrogens (primary N) is 1. The summed E-state index contributed by atoms with van der Waals surface area (Å²) in [5.74, 6) is 2.18. The van der Waals surface area contributed by atoms with Crippen LogP contribution in [-0.2, 0) is 11.8 Å².